The number of benzene rings is 2. The van der Waals surface area contributed by atoms with Crippen molar-refractivity contribution in [2.75, 3.05) is 20.3 Å². The zero-order valence-corrected chi connectivity index (χ0v) is 19.3. The molecule has 6 nitrogen and oxygen atoms in total. The Bertz CT molecular complexity index is 1350. The maximum absolute atomic E-state index is 13.0. The molecule has 0 unspecified atom stereocenters. The highest BCUT2D eigenvalue weighted by molar-refractivity contribution is 7.21. The van der Waals surface area contributed by atoms with Gasteiger partial charge in [0.1, 0.15) is 4.88 Å². The lowest BCUT2D eigenvalue weighted by Gasteiger charge is -2.05. The van der Waals surface area contributed by atoms with Crippen LogP contribution in [0.3, 0.4) is 0 Å². The van der Waals surface area contributed by atoms with E-state index < -0.39 is 5.91 Å². The van der Waals surface area contributed by atoms with Crippen LogP contribution in [0.1, 0.15) is 27.0 Å². The Morgan fingerprint density at radius 3 is 2.68 bits per heavy atom. The Balaban J connectivity index is 1.81. The van der Waals surface area contributed by atoms with Gasteiger partial charge in [0, 0.05) is 23.7 Å². The summed E-state index contributed by atoms with van der Waals surface area (Å²) in [5.74, 6) is -0.776. The minimum absolute atomic E-state index is 0.306. The van der Waals surface area contributed by atoms with E-state index in [1.807, 2.05) is 34.9 Å². The fourth-order valence-electron chi connectivity index (χ4n) is 3.19. The van der Waals surface area contributed by atoms with Crippen molar-refractivity contribution in [3.05, 3.63) is 62.7 Å². The lowest BCUT2D eigenvalue weighted by molar-refractivity contribution is 0.0526. The summed E-state index contributed by atoms with van der Waals surface area (Å²) < 4.78 is 14.0. The first-order chi connectivity index (χ1) is 15.0. The zero-order valence-electron chi connectivity index (χ0n) is 16.9. The fraction of sp³-hybridized carbons (Fsp3) is 0.227. The maximum Gasteiger partial charge on any atom is 0.338 e. The first-order valence-electron chi connectivity index (χ1n) is 9.59. The highest BCUT2D eigenvalue weighted by Gasteiger charge is 2.18. The summed E-state index contributed by atoms with van der Waals surface area (Å²) in [6.07, 6.45) is 0. The minimum atomic E-state index is -0.394. The standard InChI is InChI=1S/C22H19ClN2O4S2/c1-3-29-21(27)13-8-9-15-17(12-13)31-22(25(15)10-11-28-2)24-20(26)19-18(23)14-6-4-5-7-16(14)30-19/h4-9,12H,3,10-11H2,1-2H3. The largest absolute Gasteiger partial charge is 0.462 e. The molecule has 0 bridgehead atoms. The molecule has 4 rings (SSSR count). The van der Waals surface area contributed by atoms with Crippen LogP contribution in [0, 0.1) is 0 Å². The first-order valence-corrected chi connectivity index (χ1v) is 11.6. The van der Waals surface area contributed by atoms with E-state index in [0.717, 1.165) is 20.3 Å². The minimum Gasteiger partial charge on any atom is -0.462 e. The van der Waals surface area contributed by atoms with E-state index in [1.165, 1.54) is 22.7 Å². The van der Waals surface area contributed by atoms with Crippen molar-refractivity contribution in [1.82, 2.24) is 4.57 Å². The molecule has 0 radical (unpaired) electrons. The van der Waals surface area contributed by atoms with E-state index >= 15 is 0 Å². The molecule has 1 amide bonds. The van der Waals surface area contributed by atoms with Crippen molar-refractivity contribution in [2.24, 2.45) is 4.99 Å². The predicted molar refractivity (Wildman–Crippen MR) is 124 cm³/mol. The van der Waals surface area contributed by atoms with Gasteiger partial charge in [-0.3, -0.25) is 4.79 Å². The molecule has 0 aliphatic rings. The van der Waals surface area contributed by atoms with Crippen LogP contribution in [-0.2, 0) is 16.0 Å². The summed E-state index contributed by atoms with van der Waals surface area (Å²) >= 11 is 9.12. The second-order valence-corrected chi connectivity index (χ2v) is 9.03. The van der Waals surface area contributed by atoms with E-state index in [0.29, 0.717) is 40.0 Å². The van der Waals surface area contributed by atoms with Crippen LogP contribution in [0.4, 0.5) is 0 Å². The van der Waals surface area contributed by atoms with E-state index in [-0.39, 0.29) is 5.97 Å². The fourth-order valence-corrected chi connectivity index (χ4v) is 5.68. The molecule has 0 spiro atoms. The van der Waals surface area contributed by atoms with Crippen LogP contribution in [0.15, 0.2) is 47.5 Å². The summed E-state index contributed by atoms with van der Waals surface area (Å²) in [5.41, 5.74) is 1.32. The molecule has 160 valence electrons. The number of hydrogen-bond donors (Lipinski definition) is 0. The van der Waals surface area contributed by atoms with Gasteiger partial charge in [-0.25, -0.2) is 4.79 Å². The maximum atomic E-state index is 13.0. The summed E-state index contributed by atoms with van der Waals surface area (Å²) in [7, 11) is 1.62. The molecular weight excluding hydrogens is 456 g/mol. The van der Waals surface area contributed by atoms with E-state index in [9.17, 15) is 9.59 Å². The Morgan fingerprint density at radius 2 is 1.94 bits per heavy atom. The van der Waals surface area contributed by atoms with E-state index in [2.05, 4.69) is 4.99 Å². The number of carbonyl (C=O) groups excluding carboxylic acids is 2. The Kier molecular flexibility index (Phi) is 6.52. The van der Waals surface area contributed by atoms with Crippen molar-refractivity contribution in [3.8, 4) is 0 Å². The third-order valence-corrected chi connectivity index (χ3v) is 7.34. The SMILES string of the molecule is CCOC(=O)c1ccc2c(c1)sc(=NC(=O)c1sc3ccccc3c1Cl)n2CCOC. The topological polar surface area (TPSA) is 69.9 Å². The van der Waals surface area contributed by atoms with Gasteiger partial charge >= 0.3 is 5.97 Å². The normalized spacial score (nSPS) is 12.0. The Morgan fingerprint density at radius 1 is 1.13 bits per heavy atom. The van der Waals surface area contributed by atoms with Gasteiger partial charge in [-0.05, 0) is 31.2 Å². The Labute approximate surface area is 191 Å². The number of aromatic nitrogens is 1. The van der Waals surface area contributed by atoms with Gasteiger partial charge in [0.25, 0.3) is 5.91 Å². The van der Waals surface area contributed by atoms with Gasteiger partial charge in [0.05, 0.1) is 34.0 Å². The molecule has 0 aliphatic heterocycles. The van der Waals surface area contributed by atoms with Crippen molar-refractivity contribution in [2.45, 2.75) is 13.5 Å². The molecule has 0 fully saturated rings. The zero-order chi connectivity index (χ0) is 22.0. The number of thiazole rings is 1. The van der Waals surface area contributed by atoms with Gasteiger partial charge < -0.3 is 14.0 Å². The number of thiophene rings is 1. The number of hydrogen-bond acceptors (Lipinski definition) is 6. The molecular formula is C22H19ClN2O4S2. The first kappa shape index (κ1) is 21.7. The molecule has 9 heteroatoms. The smallest absolute Gasteiger partial charge is 0.338 e. The number of rotatable bonds is 6. The van der Waals surface area contributed by atoms with Crippen molar-refractivity contribution < 1.29 is 19.1 Å². The highest BCUT2D eigenvalue weighted by Crippen LogP contribution is 2.35. The summed E-state index contributed by atoms with van der Waals surface area (Å²) in [4.78, 5) is 30.4. The number of methoxy groups -OCH3 is 1. The summed E-state index contributed by atoms with van der Waals surface area (Å²) in [5, 5.41) is 1.26. The van der Waals surface area contributed by atoms with E-state index in [4.69, 9.17) is 21.1 Å². The van der Waals surface area contributed by atoms with Crippen LogP contribution in [0.5, 0.6) is 0 Å². The number of carbonyl (C=O) groups is 2. The third kappa shape index (κ3) is 4.29. The summed E-state index contributed by atoms with van der Waals surface area (Å²) in [6.45, 7) is 3.04. The number of nitrogens with zero attached hydrogens (tertiary/aromatic N) is 2. The number of halogens is 1. The van der Waals surface area contributed by atoms with Gasteiger partial charge in [-0.2, -0.15) is 4.99 Å². The molecule has 0 aliphatic carbocycles. The lowest BCUT2D eigenvalue weighted by Crippen LogP contribution is -2.19. The molecule has 2 aromatic carbocycles. The van der Waals surface area contributed by atoms with Crippen LogP contribution in [0.25, 0.3) is 20.3 Å². The van der Waals surface area contributed by atoms with Crippen LogP contribution < -0.4 is 4.80 Å². The quantitative estimate of drug-likeness (QED) is 0.363. The molecule has 0 N–H and O–H groups in total. The third-order valence-electron chi connectivity index (χ3n) is 4.64. The molecule has 31 heavy (non-hydrogen) atoms. The number of fused-ring (bicyclic) bond motifs is 2. The number of esters is 1. The summed E-state index contributed by atoms with van der Waals surface area (Å²) in [6, 6.07) is 12.9. The Hall–Kier alpha value is -2.52. The predicted octanol–water partition coefficient (Wildman–Crippen LogP) is 5.14. The van der Waals surface area contributed by atoms with Gasteiger partial charge in [0.2, 0.25) is 0 Å². The molecule has 0 saturated heterocycles. The van der Waals surface area contributed by atoms with Gasteiger partial charge in [-0.15, -0.1) is 11.3 Å². The molecule has 0 atom stereocenters. The molecule has 2 aromatic heterocycles. The lowest BCUT2D eigenvalue weighted by atomic mass is 10.2. The highest BCUT2D eigenvalue weighted by atomic mass is 35.5. The number of ether oxygens (including phenoxy) is 2. The van der Waals surface area contributed by atoms with Crippen molar-refractivity contribution in [1.29, 1.82) is 0 Å². The molecule has 4 aromatic rings. The average molecular weight is 475 g/mol. The average Bonchev–Trinajstić information content (AvgIpc) is 3.29. The monoisotopic (exact) mass is 474 g/mol. The van der Waals surface area contributed by atoms with Crippen molar-refractivity contribution >= 4 is 66.5 Å². The molecule has 2 heterocycles. The van der Waals surface area contributed by atoms with Crippen molar-refractivity contribution in [3.63, 3.8) is 0 Å². The molecule has 0 saturated carbocycles. The number of amides is 1. The van der Waals surface area contributed by atoms with Crippen LogP contribution in [-0.4, -0.2) is 36.8 Å². The van der Waals surface area contributed by atoms with Gasteiger partial charge in [-0.1, -0.05) is 41.1 Å². The van der Waals surface area contributed by atoms with Gasteiger partial charge in [0.15, 0.2) is 4.80 Å². The van der Waals surface area contributed by atoms with Crippen LogP contribution in [0.2, 0.25) is 5.02 Å². The van der Waals surface area contributed by atoms with E-state index in [1.54, 1.807) is 26.2 Å². The van der Waals surface area contributed by atoms with Crippen LogP contribution >= 0.6 is 34.3 Å². The second kappa shape index (κ2) is 9.32. The second-order valence-electron chi connectivity index (χ2n) is 6.59.